The van der Waals surface area contributed by atoms with Crippen LogP contribution in [0.25, 0.3) is 11.3 Å². The van der Waals surface area contributed by atoms with E-state index >= 15 is 0 Å². The molecule has 20 heavy (non-hydrogen) atoms. The number of rotatable bonds is 4. The molecule has 0 unspecified atom stereocenters. The second-order valence-electron chi connectivity index (χ2n) is 5.67. The molecule has 0 aliphatic heterocycles. The minimum absolute atomic E-state index is 0.103. The quantitative estimate of drug-likeness (QED) is 0.862. The third-order valence-corrected chi connectivity index (χ3v) is 3.67. The van der Waals surface area contributed by atoms with Crippen LogP contribution in [0.5, 0.6) is 0 Å². The first-order valence-electron chi connectivity index (χ1n) is 6.50. The molecule has 0 bridgehead atoms. The largest absolute Gasteiger partial charge is 0.441 e. The van der Waals surface area contributed by atoms with E-state index in [0.29, 0.717) is 5.02 Å². The second kappa shape index (κ2) is 6.29. The third kappa shape index (κ3) is 4.33. The molecule has 0 aliphatic carbocycles. The molecular formula is C15H18BrClN2O. The zero-order valence-electron chi connectivity index (χ0n) is 11.8. The molecule has 2 rings (SSSR count). The molecule has 0 aliphatic rings. The van der Waals surface area contributed by atoms with Crippen LogP contribution >= 0.6 is 27.5 Å². The Hall–Kier alpha value is -0.840. The van der Waals surface area contributed by atoms with Gasteiger partial charge in [-0.15, -0.1) is 0 Å². The van der Waals surface area contributed by atoms with Gasteiger partial charge in [0, 0.05) is 33.6 Å². The Morgan fingerprint density at radius 3 is 2.80 bits per heavy atom. The normalized spacial score (nSPS) is 11.8. The van der Waals surface area contributed by atoms with E-state index in [1.54, 1.807) is 6.20 Å². The lowest BCUT2D eigenvalue weighted by Crippen LogP contribution is -2.37. The van der Waals surface area contributed by atoms with E-state index in [-0.39, 0.29) is 5.54 Å². The van der Waals surface area contributed by atoms with Gasteiger partial charge in [-0.3, -0.25) is 0 Å². The van der Waals surface area contributed by atoms with E-state index in [1.807, 2.05) is 18.2 Å². The highest BCUT2D eigenvalue weighted by Crippen LogP contribution is 2.31. The fourth-order valence-electron chi connectivity index (χ4n) is 1.78. The molecule has 2 aromatic rings. The maximum atomic E-state index is 6.01. The summed E-state index contributed by atoms with van der Waals surface area (Å²) < 4.78 is 6.72. The number of benzene rings is 1. The van der Waals surface area contributed by atoms with Gasteiger partial charge in [-0.25, -0.2) is 4.98 Å². The molecule has 0 saturated heterocycles. The van der Waals surface area contributed by atoms with E-state index in [1.165, 1.54) is 0 Å². The van der Waals surface area contributed by atoms with Crippen molar-refractivity contribution in [2.45, 2.75) is 32.7 Å². The Balaban J connectivity index is 2.07. The minimum Gasteiger partial charge on any atom is -0.441 e. The highest BCUT2D eigenvalue weighted by molar-refractivity contribution is 9.10. The molecular weight excluding hydrogens is 340 g/mol. The maximum Gasteiger partial charge on any atom is 0.196 e. The van der Waals surface area contributed by atoms with Crippen LogP contribution in [0.4, 0.5) is 0 Å². The average molecular weight is 358 g/mol. The summed E-state index contributed by atoms with van der Waals surface area (Å²) in [4.78, 5) is 4.31. The van der Waals surface area contributed by atoms with Gasteiger partial charge in [0.15, 0.2) is 11.7 Å². The molecule has 0 radical (unpaired) electrons. The molecule has 3 nitrogen and oxygen atoms in total. The van der Waals surface area contributed by atoms with Crippen LogP contribution < -0.4 is 5.32 Å². The lowest BCUT2D eigenvalue weighted by molar-refractivity contribution is 0.412. The van der Waals surface area contributed by atoms with Crippen molar-refractivity contribution >= 4 is 27.5 Å². The Morgan fingerprint density at radius 2 is 2.10 bits per heavy atom. The van der Waals surface area contributed by atoms with Crippen LogP contribution in [0.1, 0.15) is 26.7 Å². The Bertz CT molecular complexity index is 590. The molecule has 0 atom stereocenters. The molecule has 0 saturated carbocycles. The molecule has 0 spiro atoms. The molecule has 1 aromatic heterocycles. The summed E-state index contributed by atoms with van der Waals surface area (Å²) in [7, 11) is 0. The van der Waals surface area contributed by atoms with Crippen LogP contribution in [0.2, 0.25) is 5.02 Å². The number of nitrogens with zero attached hydrogens (tertiary/aromatic N) is 1. The van der Waals surface area contributed by atoms with Crippen molar-refractivity contribution in [2.75, 3.05) is 6.54 Å². The van der Waals surface area contributed by atoms with Gasteiger partial charge in [0.25, 0.3) is 0 Å². The third-order valence-electron chi connectivity index (χ3n) is 2.74. The fraction of sp³-hybridized carbons (Fsp3) is 0.400. The summed E-state index contributed by atoms with van der Waals surface area (Å²) in [5.41, 5.74) is 1.02. The van der Waals surface area contributed by atoms with E-state index in [0.717, 1.165) is 34.7 Å². The highest BCUT2D eigenvalue weighted by atomic mass is 79.9. The number of hydrogen-bond acceptors (Lipinski definition) is 3. The van der Waals surface area contributed by atoms with E-state index in [2.05, 4.69) is 47.0 Å². The van der Waals surface area contributed by atoms with Crippen molar-refractivity contribution in [3.8, 4) is 11.3 Å². The predicted molar refractivity (Wildman–Crippen MR) is 86.1 cm³/mol. The number of halogens is 2. The summed E-state index contributed by atoms with van der Waals surface area (Å²) in [6.07, 6.45) is 2.50. The predicted octanol–water partition coefficient (Wildman–Crippen LogP) is 4.69. The lowest BCUT2D eigenvalue weighted by atomic mass is 10.1. The molecule has 1 aromatic carbocycles. The van der Waals surface area contributed by atoms with Crippen LogP contribution in [-0.2, 0) is 6.42 Å². The van der Waals surface area contributed by atoms with Gasteiger partial charge in [-0.1, -0.05) is 27.5 Å². The second-order valence-corrected chi connectivity index (χ2v) is 6.96. The van der Waals surface area contributed by atoms with Gasteiger partial charge in [-0.05, 0) is 39.0 Å². The first kappa shape index (κ1) is 15.5. The standard InChI is InChI=1S/C15H18BrClN2O/c1-15(2,3)19-7-6-14-18-9-13(20-14)11-8-10(17)4-5-12(11)16/h4-5,8-9,19H,6-7H2,1-3H3. The average Bonchev–Trinajstić information content (AvgIpc) is 2.79. The first-order chi connectivity index (χ1) is 9.35. The Labute approximate surface area is 132 Å². The van der Waals surface area contributed by atoms with Crippen molar-refractivity contribution in [1.29, 1.82) is 0 Å². The van der Waals surface area contributed by atoms with Crippen LogP contribution in [-0.4, -0.2) is 17.1 Å². The van der Waals surface area contributed by atoms with Crippen LogP contribution in [0, 0.1) is 0 Å². The smallest absolute Gasteiger partial charge is 0.196 e. The summed E-state index contributed by atoms with van der Waals surface area (Å²) in [6.45, 7) is 7.24. The van der Waals surface area contributed by atoms with Gasteiger partial charge < -0.3 is 9.73 Å². The number of nitrogens with one attached hydrogen (secondary N) is 1. The molecule has 0 fully saturated rings. The van der Waals surface area contributed by atoms with Gasteiger partial charge >= 0.3 is 0 Å². The van der Waals surface area contributed by atoms with Crippen LogP contribution in [0.3, 0.4) is 0 Å². The SMILES string of the molecule is CC(C)(C)NCCc1ncc(-c2cc(Cl)ccc2Br)o1. The van der Waals surface area contributed by atoms with Crippen molar-refractivity contribution < 1.29 is 4.42 Å². The molecule has 0 amide bonds. The summed E-state index contributed by atoms with van der Waals surface area (Å²) in [5.74, 6) is 1.45. The summed E-state index contributed by atoms with van der Waals surface area (Å²) in [5, 5.41) is 4.09. The molecule has 108 valence electrons. The highest BCUT2D eigenvalue weighted by Gasteiger charge is 2.12. The maximum absolute atomic E-state index is 6.01. The van der Waals surface area contributed by atoms with Crippen LogP contribution in [0.15, 0.2) is 33.3 Å². The Morgan fingerprint density at radius 1 is 1.35 bits per heavy atom. The summed E-state index contributed by atoms with van der Waals surface area (Å²) >= 11 is 9.51. The van der Waals surface area contributed by atoms with Gasteiger partial charge in [0.05, 0.1) is 6.20 Å². The minimum atomic E-state index is 0.103. The zero-order chi connectivity index (χ0) is 14.8. The van der Waals surface area contributed by atoms with Crippen molar-refractivity contribution in [3.05, 3.63) is 39.8 Å². The number of hydrogen-bond donors (Lipinski definition) is 1. The zero-order valence-corrected chi connectivity index (χ0v) is 14.2. The molecule has 5 heteroatoms. The van der Waals surface area contributed by atoms with Crippen molar-refractivity contribution in [2.24, 2.45) is 0 Å². The van der Waals surface area contributed by atoms with Crippen molar-refractivity contribution in [3.63, 3.8) is 0 Å². The van der Waals surface area contributed by atoms with Crippen molar-refractivity contribution in [1.82, 2.24) is 10.3 Å². The number of aromatic nitrogens is 1. The Kier molecular flexibility index (Phi) is 4.89. The monoisotopic (exact) mass is 356 g/mol. The van der Waals surface area contributed by atoms with E-state index < -0.39 is 0 Å². The lowest BCUT2D eigenvalue weighted by Gasteiger charge is -2.19. The summed E-state index contributed by atoms with van der Waals surface area (Å²) in [6, 6.07) is 5.60. The van der Waals surface area contributed by atoms with E-state index in [4.69, 9.17) is 16.0 Å². The number of oxazole rings is 1. The molecule has 1 heterocycles. The van der Waals surface area contributed by atoms with Gasteiger partial charge in [0.1, 0.15) is 0 Å². The fourth-order valence-corrected chi connectivity index (χ4v) is 2.40. The molecule has 1 N–H and O–H groups in total. The van der Waals surface area contributed by atoms with Gasteiger partial charge in [0.2, 0.25) is 0 Å². The topological polar surface area (TPSA) is 38.1 Å². The van der Waals surface area contributed by atoms with Gasteiger partial charge in [-0.2, -0.15) is 0 Å². The van der Waals surface area contributed by atoms with E-state index in [9.17, 15) is 0 Å². The first-order valence-corrected chi connectivity index (χ1v) is 7.67.